The molecule has 0 spiro atoms. The van der Waals surface area contributed by atoms with Gasteiger partial charge in [-0.2, -0.15) is 0 Å². The molecule has 4 nitrogen and oxygen atoms in total. The van der Waals surface area contributed by atoms with E-state index in [4.69, 9.17) is 0 Å². The van der Waals surface area contributed by atoms with Crippen molar-refractivity contribution in [3.8, 4) is 0 Å². The average molecular weight is 333 g/mol. The first-order valence-corrected chi connectivity index (χ1v) is 9.88. The van der Waals surface area contributed by atoms with E-state index in [1.165, 1.54) is 11.3 Å². The summed E-state index contributed by atoms with van der Waals surface area (Å²) in [6.07, 6.45) is 2.41. The second kappa shape index (κ2) is 7.72. The van der Waals surface area contributed by atoms with Crippen molar-refractivity contribution in [1.82, 2.24) is 10.0 Å². The first kappa shape index (κ1) is 18.6. The zero-order chi connectivity index (χ0) is 16.1. The number of hydrogen-bond acceptors (Lipinski definition) is 4. The normalized spacial score (nSPS) is 13.0. The molecule has 122 valence electrons. The van der Waals surface area contributed by atoms with E-state index in [2.05, 4.69) is 23.9 Å². The molecule has 0 aliphatic carbocycles. The topological polar surface area (TPSA) is 58.2 Å². The lowest BCUT2D eigenvalue weighted by molar-refractivity contribution is 0.389. The quantitative estimate of drug-likeness (QED) is 0.730. The summed E-state index contributed by atoms with van der Waals surface area (Å²) in [4.78, 5) is 1.10. The van der Waals surface area contributed by atoms with Crippen LogP contribution in [0.3, 0.4) is 0 Å². The van der Waals surface area contributed by atoms with Gasteiger partial charge in [-0.25, -0.2) is 13.1 Å². The molecule has 0 unspecified atom stereocenters. The Kier molecular flexibility index (Phi) is 6.84. The highest BCUT2D eigenvalue weighted by Gasteiger charge is 2.28. The fourth-order valence-electron chi connectivity index (χ4n) is 1.89. The van der Waals surface area contributed by atoms with Crippen LogP contribution in [0.2, 0.25) is 0 Å². The number of rotatable bonds is 9. The van der Waals surface area contributed by atoms with Gasteiger partial charge in [-0.1, -0.05) is 27.7 Å². The van der Waals surface area contributed by atoms with Crippen LogP contribution in [0.4, 0.5) is 0 Å². The highest BCUT2D eigenvalue weighted by Crippen LogP contribution is 2.25. The molecule has 0 saturated carbocycles. The SMILES string of the molecule is CCC(C)(CC)NS(=O)(=O)c1ccc(CCNC(C)C)s1. The fourth-order valence-corrected chi connectivity index (χ4v) is 4.79. The molecule has 2 N–H and O–H groups in total. The lowest BCUT2D eigenvalue weighted by atomic mass is 9.98. The van der Waals surface area contributed by atoms with Crippen LogP contribution in [0.1, 0.15) is 52.3 Å². The smallest absolute Gasteiger partial charge is 0.250 e. The molecule has 0 aliphatic heterocycles. The second-order valence-corrected chi connectivity index (χ2v) is 9.03. The molecule has 0 saturated heterocycles. The van der Waals surface area contributed by atoms with Gasteiger partial charge in [-0.05, 0) is 38.3 Å². The molecular formula is C15H28N2O2S2. The summed E-state index contributed by atoms with van der Waals surface area (Å²) >= 11 is 1.36. The summed E-state index contributed by atoms with van der Waals surface area (Å²) in [5.41, 5.74) is -0.373. The van der Waals surface area contributed by atoms with Crippen molar-refractivity contribution >= 4 is 21.4 Å². The summed E-state index contributed by atoms with van der Waals surface area (Å²) < 4.78 is 28.1. The molecule has 6 heteroatoms. The molecule has 1 heterocycles. The standard InChI is InChI=1S/C15H28N2O2S2/c1-6-15(5,7-2)17-21(18,19)14-9-8-13(20-14)10-11-16-12(3)4/h8-9,12,16-17H,6-7,10-11H2,1-5H3. The Bertz CT molecular complexity index is 532. The average Bonchev–Trinajstić information content (AvgIpc) is 2.87. The summed E-state index contributed by atoms with van der Waals surface area (Å²) in [5.74, 6) is 0. The third-order valence-electron chi connectivity index (χ3n) is 3.77. The predicted octanol–water partition coefficient (Wildman–Crippen LogP) is 3.15. The number of sulfonamides is 1. The van der Waals surface area contributed by atoms with Crippen molar-refractivity contribution in [2.75, 3.05) is 6.54 Å². The maximum absolute atomic E-state index is 12.4. The maximum atomic E-state index is 12.4. The first-order chi connectivity index (χ1) is 9.72. The Morgan fingerprint density at radius 3 is 2.38 bits per heavy atom. The molecule has 1 aromatic rings. The Morgan fingerprint density at radius 1 is 1.24 bits per heavy atom. The van der Waals surface area contributed by atoms with Crippen LogP contribution >= 0.6 is 11.3 Å². The van der Waals surface area contributed by atoms with E-state index in [9.17, 15) is 8.42 Å². The zero-order valence-corrected chi connectivity index (χ0v) is 15.3. The minimum atomic E-state index is -3.41. The molecule has 1 rings (SSSR count). The Hall–Kier alpha value is -0.430. The first-order valence-electron chi connectivity index (χ1n) is 7.58. The van der Waals surface area contributed by atoms with Crippen molar-refractivity contribution in [2.24, 2.45) is 0 Å². The lowest BCUT2D eigenvalue weighted by Crippen LogP contribution is -2.44. The Labute approximate surface area is 133 Å². The second-order valence-electron chi connectivity index (χ2n) is 5.95. The van der Waals surface area contributed by atoms with Gasteiger partial charge < -0.3 is 5.32 Å². The molecule has 0 aliphatic rings. The van der Waals surface area contributed by atoms with Gasteiger partial charge in [0.2, 0.25) is 0 Å². The summed E-state index contributed by atoms with van der Waals surface area (Å²) in [6.45, 7) is 11.0. The van der Waals surface area contributed by atoms with Gasteiger partial charge in [0, 0.05) is 23.0 Å². The Balaban J connectivity index is 2.74. The van der Waals surface area contributed by atoms with Crippen LogP contribution in [0.25, 0.3) is 0 Å². The number of hydrogen-bond donors (Lipinski definition) is 2. The van der Waals surface area contributed by atoms with E-state index in [0.717, 1.165) is 30.7 Å². The molecule has 21 heavy (non-hydrogen) atoms. The highest BCUT2D eigenvalue weighted by molar-refractivity contribution is 7.91. The third-order valence-corrected chi connectivity index (χ3v) is 7.04. The monoisotopic (exact) mass is 332 g/mol. The summed E-state index contributed by atoms with van der Waals surface area (Å²) in [5, 5.41) is 3.34. The van der Waals surface area contributed by atoms with Crippen LogP contribution in [-0.2, 0) is 16.4 Å². The van der Waals surface area contributed by atoms with E-state index in [1.54, 1.807) is 6.07 Å². The van der Waals surface area contributed by atoms with Gasteiger partial charge in [-0.15, -0.1) is 11.3 Å². The number of thiophene rings is 1. The van der Waals surface area contributed by atoms with E-state index < -0.39 is 10.0 Å². The van der Waals surface area contributed by atoms with Gasteiger partial charge in [0.05, 0.1) is 0 Å². The van der Waals surface area contributed by atoms with Crippen molar-refractivity contribution < 1.29 is 8.42 Å². The predicted molar refractivity (Wildman–Crippen MR) is 90.5 cm³/mol. The molecule has 0 amide bonds. The maximum Gasteiger partial charge on any atom is 0.250 e. The van der Waals surface area contributed by atoms with E-state index in [1.807, 2.05) is 26.8 Å². The molecule has 0 aromatic carbocycles. The lowest BCUT2D eigenvalue weighted by Gasteiger charge is -2.27. The van der Waals surface area contributed by atoms with Crippen molar-refractivity contribution in [3.63, 3.8) is 0 Å². The van der Waals surface area contributed by atoms with Gasteiger partial charge in [0.15, 0.2) is 0 Å². The fraction of sp³-hybridized carbons (Fsp3) is 0.733. The highest BCUT2D eigenvalue weighted by atomic mass is 32.2. The Morgan fingerprint density at radius 2 is 1.86 bits per heavy atom. The minimum Gasteiger partial charge on any atom is -0.314 e. The van der Waals surface area contributed by atoms with Crippen LogP contribution in [-0.4, -0.2) is 26.5 Å². The molecular weight excluding hydrogens is 304 g/mol. The zero-order valence-electron chi connectivity index (χ0n) is 13.7. The molecule has 0 atom stereocenters. The van der Waals surface area contributed by atoms with Gasteiger partial charge in [-0.3, -0.25) is 0 Å². The molecule has 0 radical (unpaired) electrons. The van der Waals surface area contributed by atoms with E-state index >= 15 is 0 Å². The van der Waals surface area contributed by atoms with Crippen LogP contribution < -0.4 is 10.0 Å². The van der Waals surface area contributed by atoms with Gasteiger partial charge >= 0.3 is 0 Å². The van der Waals surface area contributed by atoms with E-state index in [0.29, 0.717) is 10.3 Å². The molecule has 0 fully saturated rings. The van der Waals surface area contributed by atoms with Gasteiger partial charge in [0.1, 0.15) is 4.21 Å². The van der Waals surface area contributed by atoms with Crippen molar-refractivity contribution in [1.29, 1.82) is 0 Å². The van der Waals surface area contributed by atoms with Crippen molar-refractivity contribution in [2.45, 2.75) is 69.7 Å². The largest absolute Gasteiger partial charge is 0.314 e. The number of nitrogens with one attached hydrogen (secondary N) is 2. The third kappa shape index (κ3) is 5.70. The van der Waals surface area contributed by atoms with Crippen LogP contribution in [0, 0.1) is 0 Å². The molecule has 1 aromatic heterocycles. The van der Waals surface area contributed by atoms with Gasteiger partial charge in [0.25, 0.3) is 10.0 Å². The van der Waals surface area contributed by atoms with Crippen molar-refractivity contribution in [3.05, 3.63) is 17.0 Å². The van der Waals surface area contributed by atoms with Crippen LogP contribution in [0.15, 0.2) is 16.3 Å². The molecule has 0 bridgehead atoms. The summed E-state index contributed by atoms with van der Waals surface area (Å²) in [7, 11) is -3.41. The van der Waals surface area contributed by atoms with E-state index in [-0.39, 0.29) is 5.54 Å². The van der Waals surface area contributed by atoms with Crippen LogP contribution in [0.5, 0.6) is 0 Å². The summed E-state index contributed by atoms with van der Waals surface area (Å²) in [6, 6.07) is 4.07. The minimum absolute atomic E-state index is 0.373.